The van der Waals surface area contributed by atoms with E-state index in [0.29, 0.717) is 24.5 Å². The molecule has 0 aromatic carbocycles. The number of anilines is 1. The minimum Gasteiger partial charge on any atom is -0.388 e. The second-order valence-corrected chi connectivity index (χ2v) is 4.35. The topological polar surface area (TPSA) is 89.3 Å². The van der Waals surface area contributed by atoms with Crippen LogP contribution in [-0.2, 0) is 9.53 Å². The molecule has 0 bridgehead atoms. The van der Waals surface area contributed by atoms with Gasteiger partial charge in [0.2, 0.25) is 5.91 Å². The standard InChI is InChI=1S/C12H18N4O2S/c1-8(12(17)15-6-7-18-2)16-9-4-3-5-14-10(9)11(13)19/h3-5,8,16H,6-7H2,1-2H3,(H2,13,19)(H,15,17). The number of methoxy groups -OCH3 is 1. The van der Waals surface area contributed by atoms with Crippen LogP contribution >= 0.6 is 12.2 Å². The van der Waals surface area contributed by atoms with Crippen molar-refractivity contribution in [2.45, 2.75) is 13.0 Å². The Labute approximate surface area is 117 Å². The second kappa shape index (κ2) is 7.65. The Hall–Kier alpha value is -1.73. The number of nitrogens with zero attached hydrogens (tertiary/aromatic N) is 1. The molecule has 0 radical (unpaired) electrons. The van der Waals surface area contributed by atoms with E-state index in [1.165, 1.54) is 0 Å². The van der Waals surface area contributed by atoms with Gasteiger partial charge in [-0.3, -0.25) is 9.78 Å². The molecule has 1 amide bonds. The zero-order valence-electron chi connectivity index (χ0n) is 11.0. The largest absolute Gasteiger partial charge is 0.388 e. The first-order chi connectivity index (χ1) is 9.06. The SMILES string of the molecule is COCCNC(=O)C(C)Nc1cccnc1C(N)=S. The molecule has 7 heteroatoms. The van der Waals surface area contributed by atoms with Crippen LogP contribution in [0.25, 0.3) is 0 Å². The van der Waals surface area contributed by atoms with Crippen LogP contribution in [0.3, 0.4) is 0 Å². The number of ether oxygens (including phenoxy) is 1. The zero-order chi connectivity index (χ0) is 14.3. The molecule has 0 saturated carbocycles. The van der Waals surface area contributed by atoms with Gasteiger partial charge in [0.25, 0.3) is 0 Å². The van der Waals surface area contributed by atoms with E-state index < -0.39 is 6.04 Å². The van der Waals surface area contributed by atoms with Gasteiger partial charge < -0.3 is 21.1 Å². The first kappa shape index (κ1) is 15.3. The van der Waals surface area contributed by atoms with E-state index in [1.807, 2.05) is 0 Å². The average molecular weight is 282 g/mol. The number of nitrogens with two attached hydrogens (primary N) is 1. The van der Waals surface area contributed by atoms with Crippen LogP contribution in [0, 0.1) is 0 Å². The van der Waals surface area contributed by atoms with Crippen LogP contribution in [-0.4, -0.2) is 42.2 Å². The Morgan fingerprint density at radius 3 is 3.00 bits per heavy atom. The number of pyridine rings is 1. The van der Waals surface area contributed by atoms with E-state index in [9.17, 15) is 4.79 Å². The lowest BCUT2D eigenvalue weighted by atomic mass is 10.2. The third-order valence-corrected chi connectivity index (χ3v) is 2.61. The van der Waals surface area contributed by atoms with Crippen molar-refractivity contribution in [1.82, 2.24) is 10.3 Å². The Morgan fingerprint density at radius 2 is 2.37 bits per heavy atom. The molecule has 1 atom stereocenters. The van der Waals surface area contributed by atoms with Crippen molar-refractivity contribution in [3.05, 3.63) is 24.0 Å². The van der Waals surface area contributed by atoms with Gasteiger partial charge in [-0.15, -0.1) is 0 Å². The van der Waals surface area contributed by atoms with Crippen molar-refractivity contribution in [3.63, 3.8) is 0 Å². The Morgan fingerprint density at radius 1 is 1.63 bits per heavy atom. The Bertz CT molecular complexity index is 453. The van der Waals surface area contributed by atoms with Gasteiger partial charge in [-0.25, -0.2) is 0 Å². The second-order valence-electron chi connectivity index (χ2n) is 3.91. The Kier molecular flexibility index (Phi) is 6.17. The number of thiocarbonyl (C=S) groups is 1. The molecule has 0 aliphatic rings. The summed E-state index contributed by atoms with van der Waals surface area (Å²) < 4.78 is 4.86. The number of nitrogens with one attached hydrogen (secondary N) is 2. The van der Waals surface area contributed by atoms with Crippen molar-refractivity contribution >= 4 is 28.8 Å². The molecule has 0 aliphatic carbocycles. The van der Waals surface area contributed by atoms with E-state index in [0.717, 1.165) is 0 Å². The van der Waals surface area contributed by atoms with Gasteiger partial charge in [-0.2, -0.15) is 0 Å². The molecule has 0 saturated heterocycles. The van der Waals surface area contributed by atoms with Gasteiger partial charge in [0, 0.05) is 19.9 Å². The van der Waals surface area contributed by atoms with E-state index in [4.69, 9.17) is 22.7 Å². The number of carbonyl (C=O) groups excluding carboxylic acids is 1. The fourth-order valence-corrected chi connectivity index (χ4v) is 1.61. The van der Waals surface area contributed by atoms with Crippen LogP contribution < -0.4 is 16.4 Å². The first-order valence-electron chi connectivity index (χ1n) is 5.84. The number of carbonyl (C=O) groups is 1. The molecule has 19 heavy (non-hydrogen) atoms. The molecule has 1 heterocycles. The van der Waals surface area contributed by atoms with E-state index in [2.05, 4.69) is 15.6 Å². The fourth-order valence-electron chi connectivity index (χ4n) is 1.45. The summed E-state index contributed by atoms with van der Waals surface area (Å²) >= 11 is 4.91. The molecule has 0 spiro atoms. The number of hydrogen-bond acceptors (Lipinski definition) is 5. The highest BCUT2D eigenvalue weighted by molar-refractivity contribution is 7.80. The highest BCUT2D eigenvalue weighted by Gasteiger charge is 2.14. The minimum absolute atomic E-state index is 0.130. The maximum Gasteiger partial charge on any atom is 0.242 e. The first-order valence-corrected chi connectivity index (χ1v) is 6.25. The predicted molar refractivity (Wildman–Crippen MR) is 78.1 cm³/mol. The molecule has 6 nitrogen and oxygen atoms in total. The number of rotatable bonds is 7. The van der Waals surface area contributed by atoms with Crippen molar-refractivity contribution in [3.8, 4) is 0 Å². The lowest BCUT2D eigenvalue weighted by Gasteiger charge is -2.16. The van der Waals surface area contributed by atoms with Gasteiger partial charge in [-0.1, -0.05) is 12.2 Å². The van der Waals surface area contributed by atoms with Crippen molar-refractivity contribution < 1.29 is 9.53 Å². The van der Waals surface area contributed by atoms with Gasteiger partial charge in [0.05, 0.1) is 12.3 Å². The molecule has 1 rings (SSSR count). The molecular weight excluding hydrogens is 264 g/mol. The number of aromatic nitrogens is 1. The highest BCUT2D eigenvalue weighted by atomic mass is 32.1. The van der Waals surface area contributed by atoms with Gasteiger partial charge in [0.1, 0.15) is 16.7 Å². The van der Waals surface area contributed by atoms with Crippen LogP contribution in [0.15, 0.2) is 18.3 Å². The summed E-state index contributed by atoms with van der Waals surface area (Å²) in [5.41, 5.74) is 6.70. The molecule has 104 valence electrons. The lowest BCUT2D eigenvalue weighted by molar-refractivity contribution is -0.121. The zero-order valence-corrected chi connectivity index (χ0v) is 11.8. The summed E-state index contributed by atoms with van der Waals surface area (Å²) in [4.78, 5) is 16.1. The number of hydrogen-bond donors (Lipinski definition) is 3. The Balaban J connectivity index is 2.63. The molecule has 1 unspecified atom stereocenters. The quantitative estimate of drug-likeness (QED) is 0.492. The maximum atomic E-state index is 11.8. The lowest BCUT2D eigenvalue weighted by Crippen LogP contribution is -2.39. The van der Waals surface area contributed by atoms with Crippen molar-refractivity contribution in [1.29, 1.82) is 0 Å². The summed E-state index contributed by atoms with van der Waals surface area (Å²) in [7, 11) is 1.58. The molecule has 1 aromatic rings. The summed E-state index contributed by atoms with van der Waals surface area (Å²) in [6, 6.07) is 3.11. The molecule has 1 aromatic heterocycles. The average Bonchev–Trinajstić information content (AvgIpc) is 2.39. The summed E-state index contributed by atoms with van der Waals surface area (Å²) in [6.07, 6.45) is 1.60. The normalized spacial score (nSPS) is 11.7. The fraction of sp³-hybridized carbons (Fsp3) is 0.417. The monoisotopic (exact) mass is 282 g/mol. The summed E-state index contributed by atoms with van der Waals surface area (Å²) in [5, 5.41) is 5.78. The van der Waals surface area contributed by atoms with E-state index >= 15 is 0 Å². The highest BCUT2D eigenvalue weighted by Crippen LogP contribution is 2.13. The third kappa shape index (κ3) is 4.80. The van der Waals surface area contributed by atoms with Gasteiger partial charge in [0.15, 0.2) is 0 Å². The molecule has 4 N–H and O–H groups in total. The summed E-state index contributed by atoms with van der Waals surface area (Å²) in [6.45, 7) is 2.69. The van der Waals surface area contributed by atoms with Gasteiger partial charge in [-0.05, 0) is 19.1 Å². The van der Waals surface area contributed by atoms with Crippen LogP contribution in [0.5, 0.6) is 0 Å². The smallest absolute Gasteiger partial charge is 0.242 e. The minimum atomic E-state index is -0.422. The molecule has 0 aliphatic heterocycles. The molecular formula is C12H18N4O2S. The van der Waals surface area contributed by atoms with Crippen LogP contribution in [0.2, 0.25) is 0 Å². The maximum absolute atomic E-state index is 11.8. The van der Waals surface area contributed by atoms with Gasteiger partial charge >= 0.3 is 0 Å². The van der Waals surface area contributed by atoms with Crippen molar-refractivity contribution in [2.24, 2.45) is 5.73 Å². The van der Waals surface area contributed by atoms with Crippen LogP contribution in [0.4, 0.5) is 5.69 Å². The van der Waals surface area contributed by atoms with Crippen LogP contribution in [0.1, 0.15) is 12.6 Å². The van der Waals surface area contributed by atoms with E-state index in [-0.39, 0.29) is 10.9 Å². The molecule has 0 fully saturated rings. The van der Waals surface area contributed by atoms with E-state index in [1.54, 1.807) is 32.4 Å². The van der Waals surface area contributed by atoms with Crippen molar-refractivity contribution in [2.75, 3.05) is 25.6 Å². The summed E-state index contributed by atoms with van der Waals surface area (Å²) in [5.74, 6) is -0.130. The predicted octanol–water partition coefficient (Wildman–Crippen LogP) is 0.279. The number of amides is 1. The third-order valence-electron chi connectivity index (χ3n) is 2.41.